The van der Waals surface area contributed by atoms with E-state index >= 15 is 0 Å². The number of hydrogen-bond donors (Lipinski definition) is 1. The van der Waals surface area contributed by atoms with Crippen LogP contribution in [-0.2, 0) is 13.2 Å². The third kappa shape index (κ3) is 4.36. The number of aromatic nitrogens is 5. The summed E-state index contributed by atoms with van der Waals surface area (Å²) in [6, 6.07) is 4.61. The van der Waals surface area contributed by atoms with E-state index in [0.29, 0.717) is 23.9 Å². The number of nitrogens with zero attached hydrogens (tertiary/aromatic N) is 6. The lowest BCUT2D eigenvalue weighted by Crippen LogP contribution is -2.48. The molecule has 3 aromatic rings. The lowest BCUT2D eigenvalue weighted by Gasteiger charge is -2.38. The Labute approximate surface area is 193 Å². The molecule has 0 spiro atoms. The molecule has 2 unspecified atom stereocenters. The quantitative estimate of drug-likeness (QED) is 0.552. The van der Waals surface area contributed by atoms with Gasteiger partial charge in [0, 0.05) is 37.9 Å². The second-order valence-corrected chi connectivity index (χ2v) is 8.77. The minimum absolute atomic E-state index is 0.00322. The van der Waals surface area contributed by atoms with Gasteiger partial charge in [0.25, 0.3) is 0 Å². The van der Waals surface area contributed by atoms with Gasteiger partial charge in [0.15, 0.2) is 0 Å². The Bertz CT molecular complexity index is 1180. The average Bonchev–Trinajstić information content (AvgIpc) is 3.21. The highest BCUT2D eigenvalue weighted by Gasteiger charge is 2.43. The van der Waals surface area contributed by atoms with Gasteiger partial charge < -0.3 is 15.0 Å². The molecular formula is C22H23F4N7O. The third-order valence-corrected chi connectivity index (χ3v) is 6.42. The van der Waals surface area contributed by atoms with Gasteiger partial charge in [-0.3, -0.25) is 0 Å². The predicted molar refractivity (Wildman–Crippen MR) is 115 cm³/mol. The van der Waals surface area contributed by atoms with E-state index in [4.69, 9.17) is 4.74 Å². The number of piperidine rings is 1. The van der Waals surface area contributed by atoms with Crippen LogP contribution in [0.15, 0.2) is 30.6 Å². The van der Waals surface area contributed by atoms with Crippen LogP contribution in [0.4, 0.5) is 29.3 Å². The number of fused-ring (bicyclic) bond motifs is 2. The fourth-order valence-corrected chi connectivity index (χ4v) is 4.82. The second kappa shape index (κ2) is 8.41. The minimum Gasteiger partial charge on any atom is -0.424 e. The van der Waals surface area contributed by atoms with Crippen molar-refractivity contribution < 1.29 is 22.3 Å². The number of rotatable bonds is 5. The third-order valence-electron chi connectivity index (χ3n) is 6.42. The van der Waals surface area contributed by atoms with Crippen LogP contribution < -0.4 is 15.0 Å². The molecule has 5 rings (SSSR count). The van der Waals surface area contributed by atoms with Crippen LogP contribution in [0, 0.1) is 24.6 Å². The molecule has 2 atom stereocenters. The van der Waals surface area contributed by atoms with Gasteiger partial charge in [-0.2, -0.15) is 18.2 Å². The van der Waals surface area contributed by atoms with E-state index < -0.39 is 17.6 Å². The molecule has 1 saturated heterocycles. The first-order valence-electron chi connectivity index (χ1n) is 10.9. The maximum atomic E-state index is 13.6. The molecule has 1 aromatic carbocycles. The Morgan fingerprint density at radius 1 is 1.09 bits per heavy atom. The zero-order valence-corrected chi connectivity index (χ0v) is 18.6. The number of alkyl halides is 3. The van der Waals surface area contributed by atoms with E-state index in [0.717, 1.165) is 49.6 Å². The highest BCUT2D eigenvalue weighted by atomic mass is 19.4. The van der Waals surface area contributed by atoms with Gasteiger partial charge >= 0.3 is 12.2 Å². The molecule has 2 aliphatic rings. The lowest BCUT2D eigenvalue weighted by molar-refractivity contribution is -0.140. The van der Waals surface area contributed by atoms with Crippen molar-refractivity contribution in [3.05, 3.63) is 47.7 Å². The van der Waals surface area contributed by atoms with E-state index in [1.165, 1.54) is 4.68 Å². The van der Waals surface area contributed by atoms with E-state index in [1.807, 2.05) is 13.0 Å². The van der Waals surface area contributed by atoms with Gasteiger partial charge in [-0.25, -0.2) is 19.0 Å². The first-order chi connectivity index (χ1) is 16.2. The van der Waals surface area contributed by atoms with E-state index in [-0.39, 0.29) is 17.8 Å². The van der Waals surface area contributed by atoms with E-state index in [9.17, 15) is 17.6 Å². The molecule has 1 saturated carbocycles. The Hall–Kier alpha value is -3.44. The van der Waals surface area contributed by atoms with Crippen molar-refractivity contribution in [1.82, 2.24) is 24.7 Å². The molecule has 2 fully saturated rings. The maximum absolute atomic E-state index is 13.6. The Balaban J connectivity index is 1.28. The molecule has 12 heteroatoms. The fourth-order valence-electron chi connectivity index (χ4n) is 4.82. The number of hydrogen-bond acceptors (Lipinski definition) is 7. The van der Waals surface area contributed by atoms with Crippen LogP contribution in [0.3, 0.4) is 0 Å². The minimum atomic E-state index is -4.82. The van der Waals surface area contributed by atoms with Crippen molar-refractivity contribution in [2.75, 3.05) is 23.3 Å². The summed E-state index contributed by atoms with van der Waals surface area (Å²) in [5, 5.41) is 7.71. The van der Waals surface area contributed by atoms with Gasteiger partial charge in [0.1, 0.15) is 23.7 Å². The second-order valence-electron chi connectivity index (χ2n) is 8.77. The highest BCUT2D eigenvalue weighted by molar-refractivity contribution is 5.42. The number of aryl methyl sites for hydroxylation is 2. The van der Waals surface area contributed by atoms with Crippen molar-refractivity contribution in [1.29, 1.82) is 0 Å². The van der Waals surface area contributed by atoms with E-state index in [1.54, 1.807) is 13.4 Å². The van der Waals surface area contributed by atoms with Gasteiger partial charge in [-0.15, -0.1) is 5.10 Å². The Kier molecular flexibility index (Phi) is 5.53. The predicted octanol–water partition coefficient (Wildman–Crippen LogP) is 4.19. The molecule has 1 aliphatic carbocycles. The van der Waals surface area contributed by atoms with Gasteiger partial charge in [0.2, 0.25) is 5.95 Å². The lowest BCUT2D eigenvalue weighted by atomic mass is 9.92. The number of nitrogens with one attached hydrogen (secondary N) is 1. The standard InChI is InChI=1S/C22H23F4N7O/c1-12-7-18(28-11-27-12)33-9-13-3-4-14(10-33)19(13)29-20-30-21(32(2)31-20)34-15-5-6-17(23)16(8-15)22(24,25)26/h5-8,11,13-14,19H,3-4,9-10H2,1-2H3,(H,29,31). The summed E-state index contributed by atoms with van der Waals surface area (Å²) in [4.78, 5) is 15.2. The summed E-state index contributed by atoms with van der Waals surface area (Å²) in [6.07, 6.45) is -1.12. The van der Waals surface area contributed by atoms with Crippen molar-refractivity contribution in [3.8, 4) is 11.8 Å². The first kappa shape index (κ1) is 22.4. The van der Waals surface area contributed by atoms with Crippen molar-refractivity contribution >= 4 is 11.8 Å². The molecule has 1 N–H and O–H groups in total. The van der Waals surface area contributed by atoms with Crippen LogP contribution in [0.1, 0.15) is 24.1 Å². The van der Waals surface area contributed by atoms with Crippen LogP contribution in [0.25, 0.3) is 0 Å². The fraction of sp³-hybridized carbons (Fsp3) is 0.455. The molecule has 180 valence electrons. The molecule has 2 bridgehead atoms. The Morgan fingerprint density at radius 3 is 2.50 bits per heavy atom. The summed E-state index contributed by atoms with van der Waals surface area (Å²) in [5.74, 6) is 0.460. The van der Waals surface area contributed by atoms with Crippen molar-refractivity contribution in [2.24, 2.45) is 18.9 Å². The van der Waals surface area contributed by atoms with Crippen LogP contribution in [-0.4, -0.2) is 43.9 Å². The normalized spacial score (nSPS) is 22.2. The molecular weight excluding hydrogens is 454 g/mol. The van der Waals surface area contributed by atoms with Gasteiger partial charge in [0.05, 0.1) is 5.56 Å². The highest BCUT2D eigenvalue weighted by Crippen LogP contribution is 2.40. The Morgan fingerprint density at radius 2 is 1.82 bits per heavy atom. The number of benzene rings is 1. The first-order valence-corrected chi connectivity index (χ1v) is 10.9. The van der Waals surface area contributed by atoms with Crippen LogP contribution in [0.5, 0.6) is 11.8 Å². The molecule has 3 heterocycles. The topological polar surface area (TPSA) is 81.0 Å². The van der Waals surface area contributed by atoms with Crippen molar-refractivity contribution in [2.45, 2.75) is 32.0 Å². The van der Waals surface area contributed by atoms with Crippen LogP contribution in [0.2, 0.25) is 0 Å². The zero-order valence-electron chi connectivity index (χ0n) is 18.6. The summed E-state index contributed by atoms with van der Waals surface area (Å²) in [5.41, 5.74) is -0.473. The zero-order chi connectivity index (χ0) is 24.0. The smallest absolute Gasteiger partial charge is 0.419 e. The summed E-state index contributed by atoms with van der Waals surface area (Å²) in [7, 11) is 1.58. The molecule has 34 heavy (non-hydrogen) atoms. The molecule has 1 aliphatic heterocycles. The largest absolute Gasteiger partial charge is 0.424 e. The average molecular weight is 477 g/mol. The van der Waals surface area contributed by atoms with E-state index in [2.05, 4.69) is 30.3 Å². The number of ether oxygens (including phenoxy) is 1. The monoisotopic (exact) mass is 477 g/mol. The maximum Gasteiger partial charge on any atom is 0.419 e. The summed E-state index contributed by atoms with van der Waals surface area (Å²) < 4.78 is 59.4. The van der Waals surface area contributed by atoms with Crippen molar-refractivity contribution in [3.63, 3.8) is 0 Å². The molecule has 2 aromatic heterocycles. The summed E-state index contributed by atoms with van der Waals surface area (Å²) in [6.45, 7) is 3.63. The number of halogens is 4. The summed E-state index contributed by atoms with van der Waals surface area (Å²) >= 11 is 0. The van der Waals surface area contributed by atoms with Gasteiger partial charge in [-0.05, 0) is 49.8 Å². The SMILES string of the molecule is Cc1cc(N2CC3CCC(C2)C3Nc2nc(Oc3ccc(F)c(C(F)(F)F)c3)n(C)n2)ncn1. The van der Waals surface area contributed by atoms with Crippen LogP contribution >= 0.6 is 0 Å². The molecule has 0 amide bonds. The number of anilines is 2. The molecule has 8 nitrogen and oxygen atoms in total. The van der Waals surface area contributed by atoms with Gasteiger partial charge in [-0.1, -0.05) is 0 Å². The molecule has 0 radical (unpaired) electrons.